The van der Waals surface area contributed by atoms with Gasteiger partial charge in [0.25, 0.3) is 0 Å². The van der Waals surface area contributed by atoms with E-state index in [0.29, 0.717) is 0 Å². The van der Waals surface area contributed by atoms with Gasteiger partial charge in [-0.05, 0) is 46.8 Å². The van der Waals surface area contributed by atoms with E-state index in [0.717, 1.165) is 5.30 Å². The van der Waals surface area contributed by atoms with Gasteiger partial charge in [0.15, 0.2) is 0 Å². The van der Waals surface area contributed by atoms with Gasteiger partial charge in [0.2, 0.25) is 8.38 Å². The molecule has 1 aromatic rings. The zero-order valence-electron chi connectivity index (χ0n) is 10.7. The molecule has 0 saturated carbocycles. The molecule has 0 fully saturated rings. The molecule has 90 valence electrons. The second kappa shape index (κ2) is 5.77. The maximum Gasteiger partial charge on any atom is 0.205 e. The molecule has 3 heteroatoms. The first-order valence-electron chi connectivity index (χ1n) is 5.59. The van der Waals surface area contributed by atoms with Crippen LogP contribution in [0.1, 0.15) is 34.6 Å². The molecule has 0 saturated heterocycles. The van der Waals surface area contributed by atoms with Crippen LogP contribution in [-0.4, -0.2) is 11.7 Å². The highest BCUT2D eigenvalue weighted by molar-refractivity contribution is 7.56. The van der Waals surface area contributed by atoms with Crippen molar-refractivity contribution in [2.24, 2.45) is 0 Å². The predicted molar refractivity (Wildman–Crippen MR) is 70.1 cm³/mol. The molecule has 0 radical (unpaired) electrons. The molecule has 0 N–H and O–H groups in total. The molecule has 0 spiro atoms. The summed E-state index contributed by atoms with van der Waals surface area (Å²) in [7, 11) is -0.983. The molecule has 0 aliphatic rings. The van der Waals surface area contributed by atoms with Crippen LogP contribution in [0.4, 0.5) is 0 Å². The minimum absolute atomic E-state index is 0.175. The third-order valence-corrected chi connectivity index (χ3v) is 3.68. The fourth-order valence-corrected chi connectivity index (χ4v) is 2.69. The van der Waals surface area contributed by atoms with E-state index in [1.165, 1.54) is 0 Å². The van der Waals surface area contributed by atoms with Crippen molar-refractivity contribution < 1.29 is 9.05 Å². The minimum atomic E-state index is -0.983. The van der Waals surface area contributed by atoms with Crippen LogP contribution in [-0.2, 0) is 9.05 Å². The van der Waals surface area contributed by atoms with Crippen LogP contribution in [0.15, 0.2) is 30.3 Å². The first-order chi connectivity index (χ1) is 7.38. The second-order valence-corrected chi connectivity index (χ2v) is 6.37. The van der Waals surface area contributed by atoms with Crippen LogP contribution in [0.2, 0.25) is 0 Å². The number of rotatable bonds is 4. The number of benzene rings is 1. The van der Waals surface area contributed by atoms with Crippen LogP contribution in [0, 0.1) is 0 Å². The Morgan fingerprint density at radius 2 is 1.62 bits per heavy atom. The van der Waals surface area contributed by atoms with E-state index >= 15 is 0 Å². The van der Waals surface area contributed by atoms with Crippen molar-refractivity contribution in [1.82, 2.24) is 0 Å². The Kier molecular flexibility index (Phi) is 4.91. The first kappa shape index (κ1) is 13.6. The van der Waals surface area contributed by atoms with Crippen molar-refractivity contribution in [2.75, 3.05) is 0 Å². The molecule has 1 atom stereocenters. The van der Waals surface area contributed by atoms with Gasteiger partial charge in [-0.15, -0.1) is 0 Å². The SMILES string of the molecule is CC(C)OP(OC(C)(C)C)c1ccccc1. The van der Waals surface area contributed by atoms with Gasteiger partial charge in [-0.2, -0.15) is 0 Å². The lowest BCUT2D eigenvalue weighted by Gasteiger charge is -2.27. The number of hydrogen-bond acceptors (Lipinski definition) is 2. The van der Waals surface area contributed by atoms with Crippen molar-refractivity contribution >= 4 is 13.7 Å². The molecule has 0 bridgehead atoms. The van der Waals surface area contributed by atoms with Crippen molar-refractivity contribution in [3.05, 3.63) is 30.3 Å². The van der Waals surface area contributed by atoms with Gasteiger partial charge in [-0.3, -0.25) is 0 Å². The second-order valence-electron chi connectivity index (χ2n) is 4.95. The lowest BCUT2D eigenvalue weighted by molar-refractivity contribution is 0.112. The molecule has 16 heavy (non-hydrogen) atoms. The molecule has 0 aliphatic carbocycles. The zero-order valence-corrected chi connectivity index (χ0v) is 11.6. The summed E-state index contributed by atoms with van der Waals surface area (Å²) in [5.74, 6) is 0. The van der Waals surface area contributed by atoms with E-state index in [2.05, 4.69) is 32.9 Å². The van der Waals surface area contributed by atoms with E-state index in [9.17, 15) is 0 Å². The summed E-state index contributed by atoms with van der Waals surface area (Å²) < 4.78 is 11.8. The highest BCUT2D eigenvalue weighted by atomic mass is 31.2. The molecule has 2 nitrogen and oxygen atoms in total. The fraction of sp³-hybridized carbons (Fsp3) is 0.538. The maximum absolute atomic E-state index is 5.98. The zero-order chi connectivity index (χ0) is 12.2. The lowest BCUT2D eigenvalue weighted by atomic mass is 10.2. The van der Waals surface area contributed by atoms with Gasteiger partial charge >= 0.3 is 0 Å². The average Bonchev–Trinajstić information content (AvgIpc) is 2.15. The van der Waals surface area contributed by atoms with Crippen molar-refractivity contribution in [2.45, 2.75) is 46.3 Å². The van der Waals surface area contributed by atoms with Crippen LogP contribution >= 0.6 is 8.38 Å². The summed E-state index contributed by atoms with van der Waals surface area (Å²) in [6.07, 6.45) is 0.175. The van der Waals surface area contributed by atoms with Crippen molar-refractivity contribution in [1.29, 1.82) is 0 Å². The van der Waals surface area contributed by atoms with Gasteiger partial charge in [0.1, 0.15) is 0 Å². The average molecular weight is 240 g/mol. The quantitative estimate of drug-likeness (QED) is 0.744. The topological polar surface area (TPSA) is 18.5 Å². The smallest absolute Gasteiger partial charge is 0.205 e. The summed E-state index contributed by atoms with van der Waals surface area (Å²) in [6, 6.07) is 10.1. The van der Waals surface area contributed by atoms with E-state index in [-0.39, 0.29) is 11.7 Å². The third kappa shape index (κ3) is 5.07. The summed E-state index contributed by atoms with van der Waals surface area (Å²) >= 11 is 0. The largest absolute Gasteiger partial charge is 0.328 e. The van der Waals surface area contributed by atoms with E-state index in [1.54, 1.807) is 0 Å². The Morgan fingerprint density at radius 1 is 1.06 bits per heavy atom. The van der Waals surface area contributed by atoms with Gasteiger partial charge in [-0.1, -0.05) is 18.2 Å². The number of hydrogen-bond donors (Lipinski definition) is 0. The normalized spacial score (nSPS) is 14.1. The van der Waals surface area contributed by atoms with Gasteiger partial charge < -0.3 is 9.05 Å². The molecular formula is C13H21O2P. The van der Waals surface area contributed by atoms with Crippen LogP contribution in [0.5, 0.6) is 0 Å². The molecule has 0 aliphatic heterocycles. The summed E-state index contributed by atoms with van der Waals surface area (Å²) in [5, 5.41) is 1.13. The Labute approximate surface area is 99.9 Å². The molecular weight excluding hydrogens is 219 g/mol. The van der Waals surface area contributed by atoms with Crippen LogP contribution in [0.3, 0.4) is 0 Å². The minimum Gasteiger partial charge on any atom is -0.328 e. The van der Waals surface area contributed by atoms with Gasteiger partial charge in [0, 0.05) is 5.30 Å². The molecule has 0 amide bonds. The van der Waals surface area contributed by atoms with Gasteiger partial charge in [-0.25, -0.2) is 0 Å². The summed E-state index contributed by atoms with van der Waals surface area (Å²) in [5.41, 5.74) is -0.184. The standard InChI is InChI=1S/C13H21O2P/c1-11(2)14-16(15-13(3,4)5)12-9-7-6-8-10-12/h6-11H,1-5H3. The highest BCUT2D eigenvalue weighted by Crippen LogP contribution is 2.42. The predicted octanol–water partition coefficient (Wildman–Crippen LogP) is 3.86. The maximum atomic E-state index is 5.98. The van der Waals surface area contributed by atoms with Crippen LogP contribution in [0.25, 0.3) is 0 Å². The summed E-state index contributed by atoms with van der Waals surface area (Å²) in [4.78, 5) is 0. The first-order valence-corrected chi connectivity index (χ1v) is 6.77. The van der Waals surface area contributed by atoms with E-state index in [4.69, 9.17) is 9.05 Å². The Hall–Kier alpha value is -0.430. The van der Waals surface area contributed by atoms with E-state index < -0.39 is 8.38 Å². The highest BCUT2D eigenvalue weighted by Gasteiger charge is 2.22. The molecule has 1 unspecified atom stereocenters. The Morgan fingerprint density at radius 3 is 2.06 bits per heavy atom. The van der Waals surface area contributed by atoms with Crippen LogP contribution < -0.4 is 5.30 Å². The van der Waals surface area contributed by atoms with Gasteiger partial charge in [0.05, 0.1) is 11.7 Å². The van der Waals surface area contributed by atoms with Crippen molar-refractivity contribution in [3.63, 3.8) is 0 Å². The molecule has 0 aromatic heterocycles. The Bertz CT molecular complexity index is 303. The molecule has 0 heterocycles. The van der Waals surface area contributed by atoms with Crippen molar-refractivity contribution in [3.8, 4) is 0 Å². The molecule has 1 aromatic carbocycles. The monoisotopic (exact) mass is 240 g/mol. The fourth-order valence-electron chi connectivity index (χ4n) is 1.12. The lowest BCUT2D eigenvalue weighted by Crippen LogP contribution is -2.21. The summed E-state index contributed by atoms with van der Waals surface area (Å²) in [6.45, 7) is 10.2. The third-order valence-electron chi connectivity index (χ3n) is 1.63. The Balaban J connectivity index is 2.80. The van der Waals surface area contributed by atoms with E-state index in [1.807, 2.05) is 32.0 Å². The molecule has 1 rings (SSSR count).